The number of likely N-dealkylation sites (N-methyl/N-ethyl adjacent to an activating group) is 2. The van der Waals surface area contributed by atoms with Gasteiger partial charge >= 0.3 is 5.69 Å². The van der Waals surface area contributed by atoms with Crippen LogP contribution in [0.15, 0.2) is 12.3 Å². The number of anilines is 1. The van der Waals surface area contributed by atoms with Crippen LogP contribution in [0, 0.1) is 21.4 Å². The van der Waals surface area contributed by atoms with Crippen molar-refractivity contribution in [1.82, 2.24) is 10.3 Å². The van der Waals surface area contributed by atoms with Crippen LogP contribution in [0.4, 0.5) is 11.5 Å². The lowest BCUT2D eigenvalue weighted by molar-refractivity contribution is -0.384. The zero-order valence-corrected chi connectivity index (χ0v) is 9.67. The Hall–Kier alpha value is -2.20. The number of hydrogen-bond donors (Lipinski definition) is 1. The Morgan fingerprint density at radius 2 is 2.41 bits per heavy atom. The van der Waals surface area contributed by atoms with Gasteiger partial charge in [-0.05, 0) is 7.05 Å². The molecule has 90 valence electrons. The highest BCUT2D eigenvalue weighted by Crippen LogP contribution is 2.25. The number of aromatic nitrogens is 1. The molecule has 0 fully saturated rings. The van der Waals surface area contributed by atoms with Gasteiger partial charge in [-0.1, -0.05) is 0 Å². The molecule has 1 rings (SSSR count). The molecular weight excluding hydrogens is 222 g/mol. The Morgan fingerprint density at radius 3 is 2.94 bits per heavy atom. The van der Waals surface area contributed by atoms with Crippen molar-refractivity contribution in [2.75, 3.05) is 32.1 Å². The zero-order valence-electron chi connectivity index (χ0n) is 9.67. The summed E-state index contributed by atoms with van der Waals surface area (Å²) in [6, 6.07) is 3.07. The third kappa shape index (κ3) is 3.12. The van der Waals surface area contributed by atoms with Gasteiger partial charge in [-0.2, -0.15) is 5.26 Å². The Balaban J connectivity index is 3.06. The minimum absolute atomic E-state index is 0.150. The van der Waals surface area contributed by atoms with E-state index < -0.39 is 4.92 Å². The van der Waals surface area contributed by atoms with Crippen LogP contribution in [0.25, 0.3) is 0 Å². The molecule has 0 radical (unpaired) electrons. The molecule has 17 heavy (non-hydrogen) atoms. The number of rotatable bonds is 5. The standard InChI is InChI=1S/C10H13N5O2/c1-12-3-4-14(2)10-9(15(16)17)5-8(6-11)7-13-10/h5,7,12H,3-4H2,1-2H3. The van der Waals surface area contributed by atoms with Crippen molar-refractivity contribution in [3.63, 3.8) is 0 Å². The van der Waals surface area contributed by atoms with Crippen LogP contribution in [0.5, 0.6) is 0 Å². The minimum Gasteiger partial charge on any atom is -0.353 e. The fourth-order valence-corrected chi connectivity index (χ4v) is 1.32. The summed E-state index contributed by atoms with van der Waals surface area (Å²) in [5.41, 5.74) is 0.0325. The lowest BCUT2D eigenvalue weighted by Crippen LogP contribution is -2.28. The molecule has 0 spiro atoms. The van der Waals surface area contributed by atoms with E-state index in [0.717, 1.165) is 0 Å². The van der Waals surface area contributed by atoms with E-state index in [1.54, 1.807) is 19.0 Å². The molecule has 1 aromatic rings. The monoisotopic (exact) mass is 235 g/mol. The Labute approximate surface area is 98.8 Å². The highest BCUT2D eigenvalue weighted by Gasteiger charge is 2.19. The van der Waals surface area contributed by atoms with Crippen LogP contribution in [0.1, 0.15) is 5.56 Å². The quantitative estimate of drug-likeness (QED) is 0.590. The molecule has 0 aliphatic heterocycles. The molecule has 0 aromatic carbocycles. The number of nitro groups is 1. The summed E-state index contributed by atoms with van der Waals surface area (Å²) in [4.78, 5) is 16.0. The van der Waals surface area contributed by atoms with Gasteiger partial charge < -0.3 is 10.2 Å². The van der Waals surface area contributed by atoms with Gasteiger partial charge in [-0.15, -0.1) is 0 Å². The number of nitrogens with one attached hydrogen (secondary N) is 1. The summed E-state index contributed by atoms with van der Waals surface area (Å²) in [7, 11) is 3.52. The molecule has 0 amide bonds. The predicted molar refractivity (Wildman–Crippen MR) is 62.8 cm³/mol. The molecule has 1 heterocycles. The summed E-state index contributed by atoms with van der Waals surface area (Å²) in [5.74, 6) is 0.268. The average Bonchev–Trinajstić information content (AvgIpc) is 2.35. The van der Waals surface area contributed by atoms with Crippen LogP contribution in [0.3, 0.4) is 0 Å². The number of nitrogens with zero attached hydrogens (tertiary/aromatic N) is 4. The van der Waals surface area contributed by atoms with E-state index in [1.807, 2.05) is 6.07 Å². The van der Waals surface area contributed by atoms with E-state index in [2.05, 4.69) is 10.3 Å². The van der Waals surface area contributed by atoms with Crippen LogP contribution in [0.2, 0.25) is 0 Å². The van der Waals surface area contributed by atoms with Crippen molar-refractivity contribution in [1.29, 1.82) is 5.26 Å². The van der Waals surface area contributed by atoms with E-state index in [4.69, 9.17) is 5.26 Å². The SMILES string of the molecule is CNCCN(C)c1ncc(C#N)cc1[N+](=O)[O-]. The highest BCUT2D eigenvalue weighted by molar-refractivity contribution is 5.59. The maximum absolute atomic E-state index is 10.9. The third-order valence-electron chi connectivity index (χ3n) is 2.23. The molecule has 7 nitrogen and oxygen atoms in total. The fraction of sp³-hybridized carbons (Fsp3) is 0.400. The van der Waals surface area contributed by atoms with Gasteiger partial charge in [-0.25, -0.2) is 4.98 Å². The van der Waals surface area contributed by atoms with Crippen LogP contribution < -0.4 is 10.2 Å². The smallest absolute Gasteiger partial charge is 0.312 e. The fourth-order valence-electron chi connectivity index (χ4n) is 1.32. The summed E-state index contributed by atoms with van der Waals surface area (Å²) in [6.45, 7) is 1.28. The lowest BCUT2D eigenvalue weighted by atomic mass is 10.2. The summed E-state index contributed by atoms with van der Waals surface area (Å²) in [6.07, 6.45) is 1.33. The molecule has 1 aromatic heterocycles. The topological polar surface area (TPSA) is 95.1 Å². The van der Waals surface area contributed by atoms with E-state index >= 15 is 0 Å². The maximum atomic E-state index is 10.9. The minimum atomic E-state index is -0.529. The van der Waals surface area contributed by atoms with Crippen molar-refractivity contribution in [3.8, 4) is 6.07 Å². The number of hydrogen-bond acceptors (Lipinski definition) is 6. The first kappa shape index (κ1) is 12.9. The second-order valence-corrected chi connectivity index (χ2v) is 3.46. The van der Waals surface area contributed by atoms with Crippen LogP contribution in [-0.4, -0.2) is 37.1 Å². The van der Waals surface area contributed by atoms with E-state index in [1.165, 1.54) is 12.3 Å². The Bertz CT molecular complexity index is 454. The summed E-state index contributed by atoms with van der Waals surface area (Å²) in [5, 5.41) is 22.5. The molecule has 0 atom stereocenters. The molecule has 1 N–H and O–H groups in total. The largest absolute Gasteiger partial charge is 0.353 e. The Morgan fingerprint density at radius 1 is 1.71 bits per heavy atom. The summed E-state index contributed by atoms with van der Waals surface area (Å²) >= 11 is 0. The molecular formula is C10H13N5O2. The molecule has 0 saturated heterocycles. The third-order valence-corrected chi connectivity index (χ3v) is 2.23. The van der Waals surface area contributed by atoms with Crippen LogP contribution >= 0.6 is 0 Å². The second-order valence-electron chi connectivity index (χ2n) is 3.46. The van der Waals surface area contributed by atoms with Crippen molar-refractivity contribution < 1.29 is 4.92 Å². The summed E-state index contributed by atoms with van der Waals surface area (Å²) < 4.78 is 0. The van der Waals surface area contributed by atoms with Crippen molar-refractivity contribution in [3.05, 3.63) is 27.9 Å². The first-order valence-corrected chi connectivity index (χ1v) is 5.00. The van der Waals surface area contributed by atoms with Crippen molar-refractivity contribution >= 4 is 11.5 Å². The van der Waals surface area contributed by atoms with E-state index in [-0.39, 0.29) is 17.1 Å². The predicted octanol–water partition coefficient (Wildman–Crippen LogP) is 0.517. The van der Waals surface area contributed by atoms with Gasteiger partial charge in [0.05, 0.1) is 10.5 Å². The second kappa shape index (κ2) is 5.77. The zero-order chi connectivity index (χ0) is 12.8. The Kier molecular flexibility index (Phi) is 4.37. The van der Waals surface area contributed by atoms with Crippen molar-refractivity contribution in [2.24, 2.45) is 0 Å². The molecule has 0 unspecified atom stereocenters. The van der Waals surface area contributed by atoms with Gasteiger partial charge in [0.1, 0.15) is 6.07 Å². The normalized spacial score (nSPS) is 9.71. The first-order valence-electron chi connectivity index (χ1n) is 5.00. The van der Waals surface area contributed by atoms with Gasteiger partial charge in [0.15, 0.2) is 0 Å². The maximum Gasteiger partial charge on any atom is 0.312 e. The van der Waals surface area contributed by atoms with Gasteiger partial charge in [0.25, 0.3) is 0 Å². The van der Waals surface area contributed by atoms with E-state index in [0.29, 0.717) is 13.1 Å². The van der Waals surface area contributed by atoms with Gasteiger partial charge in [-0.3, -0.25) is 10.1 Å². The lowest BCUT2D eigenvalue weighted by Gasteiger charge is -2.17. The number of nitriles is 1. The molecule has 7 heteroatoms. The number of pyridine rings is 1. The molecule has 0 aliphatic rings. The molecule has 0 bridgehead atoms. The first-order chi connectivity index (χ1) is 8.10. The highest BCUT2D eigenvalue weighted by atomic mass is 16.6. The molecule has 0 saturated carbocycles. The van der Waals surface area contributed by atoms with Gasteiger partial charge in [0.2, 0.25) is 5.82 Å². The average molecular weight is 235 g/mol. The molecule has 0 aliphatic carbocycles. The van der Waals surface area contributed by atoms with Crippen LogP contribution in [-0.2, 0) is 0 Å². The van der Waals surface area contributed by atoms with E-state index in [9.17, 15) is 10.1 Å². The van der Waals surface area contributed by atoms with Crippen molar-refractivity contribution in [2.45, 2.75) is 0 Å². The van der Waals surface area contributed by atoms with Gasteiger partial charge in [0, 0.05) is 32.4 Å².